The van der Waals surface area contributed by atoms with Crippen LogP contribution in [0, 0.1) is 5.82 Å². The van der Waals surface area contributed by atoms with E-state index in [0.717, 1.165) is 11.5 Å². The molecule has 2 rings (SSSR count). The maximum absolute atomic E-state index is 13.5. The van der Waals surface area contributed by atoms with E-state index in [0.29, 0.717) is 10.6 Å². The number of hydrogen-bond acceptors (Lipinski definition) is 3. The molecule has 0 unspecified atom stereocenters. The lowest BCUT2D eigenvalue weighted by Gasteiger charge is -2.04. The zero-order chi connectivity index (χ0) is 12.8. The van der Waals surface area contributed by atoms with E-state index in [1.807, 2.05) is 18.2 Å². The highest BCUT2D eigenvalue weighted by Crippen LogP contribution is 2.25. The molecule has 18 heavy (non-hydrogen) atoms. The van der Waals surface area contributed by atoms with Gasteiger partial charge in [0.2, 0.25) is 0 Å². The summed E-state index contributed by atoms with van der Waals surface area (Å²) in [6.07, 6.45) is 0. The Balaban J connectivity index is 1.79. The number of halogens is 1. The van der Waals surface area contributed by atoms with Gasteiger partial charge in [-0.1, -0.05) is 18.2 Å². The summed E-state index contributed by atoms with van der Waals surface area (Å²) in [4.78, 5) is 1.91. The first-order valence-electron chi connectivity index (χ1n) is 5.61. The Morgan fingerprint density at radius 3 is 2.39 bits per heavy atom. The summed E-state index contributed by atoms with van der Waals surface area (Å²) in [6.45, 7) is 0. The van der Waals surface area contributed by atoms with E-state index < -0.39 is 0 Å². The van der Waals surface area contributed by atoms with Crippen molar-refractivity contribution in [1.82, 2.24) is 0 Å². The quantitative estimate of drug-likeness (QED) is 0.502. The van der Waals surface area contributed by atoms with Gasteiger partial charge in [0.05, 0.1) is 0 Å². The molecule has 0 saturated carbocycles. The molecule has 0 atom stereocenters. The van der Waals surface area contributed by atoms with Gasteiger partial charge < -0.3 is 5.73 Å². The van der Waals surface area contributed by atoms with Crippen molar-refractivity contribution < 1.29 is 4.39 Å². The second kappa shape index (κ2) is 6.71. The van der Waals surface area contributed by atoms with Crippen molar-refractivity contribution in [3.63, 3.8) is 0 Å². The van der Waals surface area contributed by atoms with Gasteiger partial charge in [0.15, 0.2) is 0 Å². The summed E-state index contributed by atoms with van der Waals surface area (Å²) in [5, 5.41) is 0. The summed E-state index contributed by atoms with van der Waals surface area (Å²) < 4.78 is 13.5. The average Bonchev–Trinajstić information content (AvgIpc) is 2.38. The van der Waals surface area contributed by atoms with Gasteiger partial charge in [-0.25, -0.2) is 4.39 Å². The van der Waals surface area contributed by atoms with E-state index in [9.17, 15) is 4.39 Å². The topological polar surface area (TPSA) is 26.0 Å². The lowest BCUT2D eigenvalue weighted by molar-refractivity contribution is 0.603. The molecule has 2 aromatic rings. The Morgan fingerprint density at radius 1 is 0.944 bits per heavy atom. The SMILES string of the molecule is Nc1ccc(SCCSc2ccccc2)c(F)c1. The van der Waals surface area contributed by atoms with Crippen LogP contribution in [0.25, 0.3) is 0 Å². The molecule has 0 aliphatic heterocycles. The maximum Gasteiger partial charge on any atom is 0.138 e. The molecule has 0 aliphatic carbocycles. The molecule has 1 nitrogen and oxygen atoms in total. The number of nitrogens with two attached hydrogens (primary N) is 1. The van der Waals surface area contributed by atoms with Gasteiger partial charge in [0, 0.05) is 27.0 Å². The Bertz CT molecular complexity index is 502. The van der Waals surface area contributed by atoms with Crippen LogP contribution in [0.5, 0.6) is 0 Å². The van der Waals surface area contributed by atoms with Crippen molar-refractivity contribution in [2.75, 3.05) is 17.2 Å². The van der Waals surface area contributed by atoms with E-state index in [2.05, 4.69) is 12.1 Å². The first-order chi connectivity index (χ1) is 8.75. The number of nitrogen functional groups attached to an aromatic ring is 1. The molecule has 4 heteroatoms. The van der Waals surface area contributed by atoms with Crippen LogP contribution in [0.2, 0.25) is 0 Å². The van der Waals surface area contributed by atoms with Crippen LogP contribution in [0.15, 0.2) is 58.3 Å². The zero-order valence-electron chi connectivity index (χ0n) is 9.80. The first kappa shape index (κ1) is 13.3. The van der Waals surface area contributed by atoms with Crippen LogP contribution >= 0.6 is 23.5 Å². The van der Waals surface area contributed by atoms with Gasteiger partial charge in [0.1, 0.15) is 5.82 Å². The number of thioether (sulfide) groups is 2. The van der Waals surface area contributed by atoms with Gasteiger partial charge >= 0.3 is 0 Å². The minimum atomic E-state index is -0.232. The van der Waals surface area contributed by atoms with Gasteiger partial charge in [-0.3, -0.25) is 0 Å². The fourth-order valence-electron chi connectivity index (χ4n) is 1.46. The number of anilines is 1. The lowest BCUT2D eigenvalue weighted by Crippen LogP contribution is -1.90. The molecular weight excluding hydrogens is 265 g/mol. The van der Waals surface area contributed by atoms with Gasteiger partial charge in [-0.15, -0.1) is 23.5 Å². The molecule has 0 spiro atoms. The molecule has 0 aliphatic rings. The van der Waals surface area contributed by atoms with Gasteiger partial charge in [0.25, 0.3) is 0 Å². The minimum Gasteiger partial charge on any atom is -0.399 e. The number of hydrogen-bond donors (Lipinski definition) is 1. The van der Waals surface area contributed by atoms with E-state index in [4.69, 9.17) is 5.73 Å². The molecule has 0 saturated heterocycles. The van der Waals surface area contributed by atoms with E-state index in [1.54, 1.807) is 23.9 Å². The van der Waals surface area contributed by atoms with Crippen molar-refractivity contribution >= 4 is 29.2 Å². The smallest absolute Gasteiger partial charge is 0.138 e. The van der Waals surface area contributed by atoms with E-state index >= 15 is 0 Å². The van der Waals surface area contributed by atoms with Crippen LogP contribution in [-0.2, 0) is 0 Å². The monoisotopic (exact) mass is 279 g/mol. The zero-order valence-corrected chi connectivity index (χ0v) is 11.4. The van der Waals surface area contributed by atoms with Crippen LogP contribution in [0.4, 0.5) is 10.1 Å². The third-order valence-corrected chi connectivity index (χ3v) is 4.63. The minimum absolute atomic E-state index is 0.232. The molecule has 94 valence electrons. The highest BCUT2D eigenvalue weighted by molar-refractivity contribution is 8.03. The molecule has 0 radical (unpaired) electrons. The number of rotatable bonds is 5. The summed E-state index contributed by atoms with van der Waals surface area (Å²) in [7, 11) is 0. The molecular formula is C14H14FNS2. The van der Waals surface area contributed by atoms with E-state index in [-0.39, 0.29) is 5.82 Å². The van der Waals surface area contributed by atoms with Crippen LogP contribution in [-0.4, -0.2) is 11.5 Å². The van der Waals surface area contributed by atoms with Crippen molar-refractivity contribution in [1.29, 1.82) is 0 Å². The predicted molar refractivity (Wildman–Crippen MR) is 78.7 cm³/mol. The molecule has 0 heterocycles. The molecule has 0 aromatic heterocycles. The molecule has 0 amide bonds. The van der Waals surface area contributed by atoms with Crippen molar-refractivity contribution in [3.8, 4) is 0 Å². The first-order valence-corrected chi connectivity index (χ1v) is 7.58. The second-order valence-electron chi connectivity index (χ2n) is 3.70. The van der Waals surface area contributed by atoms with Crippen molar-refractivity contribution in [3.05, 3.63) is 54.3 Å². The summed E-state index contributed by atoms with van der Waals surface area (Å²) in [6, 6.07) is 15.1. The Kier molecular flexibility index (Phi) is 4.96. The highest BCUT2D eigenvalue weighted by Gasteiger charge is 2.03. The van der Waals surface area contributed by atoms with Crippen LogP contribution in [0.1, 0.15) is 0 Å². The highest BCUT2D eigenvalue weighted by atomic mass is 32.2. The third kappa shape index (κ3) is 3.96. The van der Waals surface area contributed by atoms with Crippen LogP contribution in [0.3, 0.4) is 0 Å². The standard InChI is InChI=1S/C14H14FNS2/c15-13-10-11(16)6-7-14(13)18-9-8-17-12-4-2-1-3-5-12/h1-7,10H,8-9,16H2. The fraction of sp³-hybridized carbons (Fsp3) is 0.143. The van der Waals surface area contributed by atoms with Crippen molar-refractivity contribution in [2.24, 2.45) is 0 Å². The number of benzene rings is 2. The normalized spacial score (nSPS) is 10.5. The predicted octanol–water partition coefficient (Wildman–Crippen LogP) is 4.29. The second-order valence-corrected chi connectivity index (χ2v) is 6.00. The molecule has 2 N–H and O–H groups in total. The van der Waals surface area contributed by atoms with Crippen molar-refractivity contribution in [2.45, 2.75) is 9.79 Å². The third-order valence-electron chi connectivity index (χ3n) is 2.31. The van der Waals surface area contributed by atoms with E-state index in [1.165, 1.54) is 22.7 Å². The Labute approximate surface area is 115 Å². The summed E-state index contributed by atoms with van der Waals surface area (Å²) in [5.74, 6) is 1.60. The molecule has 0 fully saturated rings. The van der Waals surface area contributed by atoms with Crippen LogP contribution < -0.4 is 5.73 Å². The molecule has 2 aromatic carbocycles. The Morgan fingerprint density at radius 2 is 1.67 bits per heavy atom. The lowest BCUT2D eigenvalue weighted by atomic mass is 10.3. The maximum atomic E-state index is 13.5. The fourth-order valence-corrected chi connectivity index (χ4v) is 3.29. The molecule has 0 bridgehead atoms. The Hall–Kier alpha value is -1.13. The average molecular weight is 279 g/mol. The van der Waals surface area contributed by atoms with Gasteiger partial charge in [-0.2, -0.15) is 0 Å². The largest absolute Gasteiger partial charge is 0.399 e. The summed E-state index contributed by atoms with van der Waals surface area (Å²) in [5.41, 5.74) is 5.97. The van der Waals surface area contributed by atoms with Gasteiger partial charge in [-0.05, 0) is 30.3 Å². The summed E-state index contributed by atoms with van der Waals surface area (Å²) >= 11 is 3.30.